The lowest BCUT2D eigenvalue weighted by Crippen LogP contribution is -2.45. The van der Waals surface area contributed by atoms with Gasteiger partial charge in [0.15, 0.2) is 6.29 Å². The SMILES string of the molecule is Cc1ccc(S(=O)(=O)NC(Cc2ccccc2)C(=O)Nc2cccc(C3OC(CN4CCC(O)C4)C(c4ccccc4)C(c4ccc(CO)cc4)O3)c2)cc1. The molecular formula is C44H47N3O7S. The molecule has 0 bridgehead atoms. The van der Waals surface area contributed by atoms with Gasteiger partial charge in [-0.2, -0.15) is 4.72 Å². The predicted molar refractivity (Wildman–Crippen MR) is 211 cm³/mol. The van der Waals surface area contributed by atoms with Gasteiger partial charge >= 0.3 is 0 Å². The molecule has 286 valence electrons. The standard InChI is InChI=1S/C44H47N3O7S/c1-30-15-21-38(22-16-30)55(51,52)46-39(25-31-9-4-2-5-10-31)43(50)45-36-14-8-13-35(26-36)44-53-40(28-47-24-23-37(49)27-47)41(33-11-6-3-7-12-33)42(54-44)34-19-17-32(29-48)18-20-34/h2-22,26,37,39-42,44,46,48-49H,23-25,27-29H2,1H3,(H,45,50). The second kappa shape index (κ2) is 17.4. The number of nitrogens with zero attached hydrogens (tertiary/aromatic N) is 1. The molecule has 2 aliphatic rings. The van der Waals surface area contributed by atoms with Crippen LogP contribution in [0.3, 0.4) is 0 Å². The van der Waals surface area contributed by atoms with Crippen LogP contribution in [0.5, 0.6) is 0 Å². The maximum absolute atomic E-state index is 14.0. The Balaban J connectivity index is 1.18. The fraction of sp³-hybridized carbons (Fsp3) is 0.295. The van der Waals surface area contributed by atoms with Gasteiger partial charge in [-0.05, 0) is 66.3 Å². The van der Waals surface area contributed by atoms with Crippen LogP contribution in [-0.2, 0) is 37.3 Å². The van der Waals surface area contributed by atoms with Crippen molar-refractivity contribution in [2.45, 2.75) is 67.8 Å². The Bertz CT molecular complexity index is 2130. The highest BCUT2D eigenvalue weighted by molar-refractivity contribution is 7.89. The van der Waals surface area contributed by atoms with Crippen molar-refractivity contribution in [2.75, 3.05) is 25.0 Å². The van der Waals surface area contributed by atoms with Crippen LogP contribution >= 0.6 is 0 Å². The van der Waals surface area contributed by atoms with Crippen molar-refractivity contribution in [3.05, 3.63) is 167 Å². The zero-order chi connectivity index (χ0) is 38.4. The Labute approximate surface area is 322 Å². The Morgan fingerprint density at radius 1 is 0.818 bits per heavy atom. The van der Waals surface area contributed by atoms with Crippen molar-refractivity contribution in [3.63, 3.8) is 0 Å². The minimum Gasteiger partial charge on any atom is -0.392 e. The molecule has 10 nitrogen and oxygen atoms in total. The molecule has 7 rings (SSSR count). The highest BCUT2D eigenvalue weighted by atomic mass is 32.2. The number of aryl methyl sites for hydroxylation is 1. The number of aliphatic hydroxyl groups excluding tert-OH is 2. The van der Waals surface area contributed by atoms with E-state index in [2.05, 4.69) is 27.1 Å². The molecule has 2 fully saturated rings. The monoisotopic (exact) mass is 761 g/mol. The minimum absolute atomic E-state index is 0.0717. The topological polar surface area (TPSA) is 137 Å². The first-order valence-electron chi connectivity index (χ1n) is 18.6. The number of β-amino-alcohol motifs (C(OH)–C–C–N with tert-alkyl or cyclic N) is 1. The summed E-state index contributed by atoms with van der Waals surface area (Å²) in [6.07, 6.45) is -1.15. The van der Waals surface area contributed by atoms with Crippen LogP contribution in [0.1, 0.15) is 58.1 Å². The highest BCUT2D eigenvalue weighted by Gasteiger charge is 2.43. The lowest BCUT2D eigenvalue weighted by molar-refractivity contribution is -0.263. The van der Waals surface area contributed by atoms with E-state index in [0.717, 1.165) is 34.4 Å². The minimum atomic E-state index is -4.03. The smallest absolute Gasteiger partial charge is 0.242 e. The summed E-state index contributed by atoms with van der Waals surface area (Å²) in [5.41, 5.74) is 5.63. The second-order valence-corrected chi connectivity index (χ2v) is 16.1. The zero-order valence-corrected chi connectivity index (χ0v) is 31.5. The van der Waals surface area contributed by atoms with Gasteiger partial charge < -0.3 is 25.0 Å². The molecule has 5 aromatic carbocycles. The van der Waals surface area contributed by atoms with Crippen molar-refractivity contribution >= 4 is 21.6 Å². The molecule has 11 heteroatoms. The van der Waals surface area contributed by atoms with Crippen LogP contribution in [0.15, 0.2) is 138 Å². The number of benzene rings is 5. The molecule has 5 aromatic rings. The van der Waals surface area contributed by atoms with E-state index >= 15 is 0 Å². The number of sulfonamides is 1. The van der Waals surface area contributed by atoms with Gasteiger partial charge in [0.25, 0.3) is 0 Å². The van der Waals surface area contributed by atoms with E-state index in [9.17, 15) is 23.4 Å². The summed E-state index contributed by atoms with van der Waals surface area (Å²) in [6, 6.07) is 39.8. The van der Waals surface area contributed by atoms with Crippen LogP contribution in [0, 0.1) is 6.92 Å². The van der Waals surface area contributed by atoms with E-state index in [4.69, 9.17) is 9.47 Å². The third-order valence-electron chi connectivity index (χ3n) is 10.3. The summed E-state index contributed by atoms with van der Waals surface area (Å²) < 4.78 is 43.4. The molecule has 6 atom stereocenters. The number of amides is 1. The van der Waals surface area contributed by atoms with Crippen molar-refractivity contribution in [3.8, 4) is 0 Å². The maximum atomic E-state index is 14.0. The summed E-state index contributed by atoms with van der Waals surface area (Å²) in [5.74, 6) is -0.711. The molecule has 0 aliphatic carbocycles. The molecule has 0 saturated carbocycles. The molecule has 0 aromatic heterocycles. The van der Waals surface area contributed by atoms with Gasteiger partial charge in [0.2, 0.25) is 15.9 Å². The molecular weight excluding hydrogens is 715 g/mol. The number of aliphatic hydroxyl groups is 2. The lowest BCUT2D eigenvalue weighted by atomic mass is 9.83. The van der Waals surface area contributed by atoms with Crippen molar-refractivity contribution in [1.29, 1.82) is 0 Å². The third kappa shape index (κ3) is 9.57. The maximum Gasteiger partial charge on any atom is 0.242 e. The summed E-state index contributed by atoms with van der Waals surface area (Å²) in [5, 5.41) is 23.1. The van der Waals surface area contributed by atoms with Gasteiger partial charge in [0, 0.05) is 36.8 Å². The first-order valence-corrected chi connectivity index (χ1v) is 20.1. The van der Waals surface area contributed by atoms with E-state index in [0.29, 0.717) is 30.8 Å². The van der Waals surface area contributed by atoms with E-state index in [1.165, 1.54) is 12.1 Å². The van der Waals surface area contributed by atoms with Gasteiger partial charge in [-0.15, -0.1) is 0 Å². The second-order valence-electron chi connectivity index (χ2n) is 14.4. The van der Waals surface area contributed by atoms with Crippen LogP contribution < -0.4 is 10.0 Å². The van der Waals surface area contributed by atoms with E-state index in [1.54, 1.807) is 30.3 Å². The number of anilines is 1. The van der Waals surface area contributed by atoms with Gasteiger partial charge in [0.05, 0.1) is 29.8 Å². The number of rotatable bonds is 13. The number of ether oxygens (including phenoxy) is 2. The van der Waals surface area contributed by atoms with Crippen molar-refractivity contribution < 1.29 is 32.9 Å². The highest BCUT2D eigenvalue weighted by Crippen LogP contribution is 2.47. The molecule has 0 spiro atoms. The third-order valence-corrected chi connectivity index (χ3v) is 11.8. The fourth-order valence-corrected chi connectivity index (χ4v) is 8.60. The number of likely N-dealkylation sites (tertiary alicyclic amines) is 1. The number of hydrogen-bond donors (Lipinski definition) is 4. The van der Waals surface area contributed by atoms with Gasteiger partial charge in [-0.25, -0.2) is 8.42 Å². The van der Waals surface area contributed by atoms with Gasteiger partial charge in [-0.3, -0.25) is 9.69 Å². The van der Waals surface area contributed by atoms with Gasteiger partial charge in [0.1, 0.15) is 6.04 Å². The zero-order valence-electron chi connectivity index (χ0n) is 30.7. The van der Waals surface area contributed by atoms with E-state index in [1.807, 2.05) is 85.8 Å². The Morgan fingerprint density at radius 3 is 2.18 bits per heavy atom. The summed E-state index contributed by atoms with van der Waals surface area (Å²) >= 11 is 0. The summed E-state index contributed by atoms with van der Waals surface area (Å²) in [4.78, 5) is 16.3. The van der Waals surface area contributed by atoms with Gasteiger partial charge in [-0.1, -0.05) is 115 Å². The fourth-order valence-electron chi connectivity index (χ4n) is 7.40. The van der Waals surface area contributed by atoms with Crippen LogP contribution in [-0.4, -0.2) is 67.3 Å². The van der Waals surface area contributed by atoms with E-state index in [-0.39, 0.29) is 36.0 Å². The van der Waals surface area contributed by atoms with Crippen LogP contribution in [0.25, 0.3) is 0 Å². The summed E-state index contributed by atoms with van der Waals surface area (Å²) in [6.45, 7) is 3.69. The van der Waals surface area contributed by atoms with Crippen LogP contribution in [0.2, 0.25) is 0 Å². The van der Waals surface area contributed by atoms with Crippen LogP contribution in [0.4, 0.5) is 5.69 Å². The summed E-state index contributed by atoms with van der Waals surface area (Å²) in [7, 11) is -4.03. The average molecular weight is 762 g/mol. The quantitative estimate of drug-likeness (QED) is 0.114. The Hall–Kier alpha value is -4.72. The first kappa shape index (κ1) is 38.6. The molecule has 1 amide bonds. The first-order chi connectivity index (χ1) is 26.6. The molecule has 55 heavy (non-hydrogen) atoms. The molecule has 4 N–H and O–H groups in total. The lowest BCUT2D eigenvalue weighted by Gasteiger charge is -2.44. The Kier molecular flexibility index (Phi) is 12.2. The predicted octanol–water partition coefficient (Wildman–Crippen LogP) is 6.02. The van der Waals surface area contributed by atoms with E-state index < -0.39 is 34.4 Å². The molecule has 6 unspecified atom stereocenters. The molecule has 2 heterocycles. The average Bonchev–Trinajstić information content (AvgIpc) is 3.62. The molecule has 0 radical (unpaired) electrons. The largest absolute Gasteiger partial charge is 0.392 e. The molecule has 2 aliphatic heterocycles. The number of carbonyl (C=O) groups excluding carboxylic acids is 1. The number of hydrogen-bond acceptors (Lipinski definition) is 8. The molecule has 2 saturated heterocycles. The number of carbonyl (C=O) groups is 1. The normalized spacial score (nSPS) is 22.3. The Morgan fingerprint density at radius 2 is 1.51 bits per heavy atom. The van der Waals surface area contributed by atoms with Crippen molar-refractivity contribution in [1.82, 2.24) is 9.62 Å². The van der Waals surface area contributed by atoms with Crippen molar-refractivity contribution in [2.24, 2.45) is 0 Å². The number of nitrogens with one attached hydrogen (secondary N) is 2.